The second-order valence-corrected chi connectivity index (χ2v) is 6.33. The van der Waals surface area contributed by atoms with E-state index in [1.165, 1.54) is 11.1 Å². The van der Waals surface area contributed by atoms with Crippen LogP contribution in [0.15, 0.2) is 60.3 Å². The molecule has 0 aliphatic carbocycles. The van der Waals surface area contributed by atoms with Gasteiger partial charge in [0, 0.05) is 30.9 Å². The number of rotatable bonds is 4. The molecule has 0 saturated carbocycles. The number of carbonyl (C=O) groups excluding carboxylic acids is 1. The highest BCUT2D eigenvalue weighted by Gasteiger charge is 2.16. The van der Waals surface area contributed by atoms with E-state index in [1.54, 1.807) is 12.3 Å². The first-order valence-corrected chi connectivity index (χ1v) is 8.49. The van der Waals surface area contributed by atoms with Crippen LogP contribution in [-0.4, -0.2) is 17.4 Å². The van der Waals surface area contributed by atoms with Crippen molar-refractivity contribution in [1.82, 2.24) is 10.2 Å². The summed E-state index contributed by atoms with van der Waals surface area (Å²) in [6.45, 7) is 1.79. The fourth-order valence-corrected chi connectivity index (χ4v) is 3.06. The molecule has 25 heavy (non-hydrogen) atoms. The first-order chi connectivity index (χ1) is 12.2. The molecule has 0 aromatic heterocycles. The Morgan fingerprint density at radius 2 is 1.92 bits per heavy atom. The Kier molecular flexibility index (Phi) is 5.37. The van der Waals surface area contributed by atoms with E-state index in [2.05, 4.69) is 17.4 Å². The fraction of sp³-hybridized carbons (Fsp3) is 0.200. The molecule has 1 heterocycles. The molecule has 0 unspecified atom stereocenters. The molecule has 0 spiro atoms. The quantitative estimate of drug-likeness (QED) is 0.678. The lowest BCUT2D eigenvalue weighted by atomic mass is 10.0. The SMILES string of the molecule is N#C/C(=C/N1CCc2ccccc2C1)C(=O)NCc1ccccc1Cl. The number of nitrogens with one attached hydrogen (secondary N) is 1. The van der Waals surface area contributed by atoms with E-state index in [9.17, 15) is 10.1 Å². The molecule has 0 bridgehead atoms. The van der Waals surface area contributed by atoms with Crippen molar-refractivity contribution in [3.05, 3.63) is 82.0 Å². The van der Waals surface area contributed by atoms with Crippen LogP contribution in [0.3, 0.4) is 0 Å². The topological polar surface area (TPSA) is 56.1 Å². The summed E-state index contributed by atoms with van der Waals surface area (Å²) in [5.41, 5.74) is 3.49. The molecule has 1 aliphatic heterocycles. The predicted molar refractivity (Wildman–Crippen MR) is 97.6 cm³/mol. The van der Waals surface area contributed by atoms with E-state index in [1.807, 2.05) is 41.3 Å². The molecule has 126 valence electrons. The summed E-state index contributed by atoms with van der Waals surface area (Å²) in [5, 5.41) is 12.7. The lowest BCUT2D eigenvalue weighted by Crippen LogP contribution is -2.29. The van der Waals surface area contributed by atoms with Gasteiger partial charge in [-0.25, -0.2) is 0 Å². The van der Waals surface area contributed by atoms with Crippen LogP contribution < -0.4 is 5.32 Å². The van der Waals surface area contributed by atoms with Gasteiger partial charge in [-0.2, -0.15) is 5.26 Å². The Balaban J connectivity index is 1.66. The Hall–Kier alpha value is -2.77. The highest BCUT2D eigenvalue weighted by atomic mass is 35.5. The zero-order valence-electron chi connectivity index (χ0n) is 13.7. The molecule has 0 radical (unpaired) electrons. The van der Waals surface area contributed by atoms with E-state index < -0.39 is 0 Å². The van der Waals surface area contributed by atoms with Crippen molar-refractivity contribution in [1.29, 1.82) is 5.26 Å². The van der Waals surface area contributed by atoms with Crippen molar-refractivity contribution in [2.45, 2.75) is 19.5 Å². The van der Waals surface area contributed by atoms with Crippen LogP contribution in [0.25, 0.3) is 0 Å². The van der Waals surface area contributed by atoms with Crippen LogP contribution in [0.5, 0.6) is 0 Å². The minimum Gasteiger partial charge on any atom is -0.371 e. The molecule has 4 nitrogen and oxygen atoms in total. The van der Waals surface area contributed by atoms with Crippen LogP contribution in [0, 0.1) is 11.3 Å². The smallest absolute Gasteiger partial charge is 0.263 e. The highest BCUT2D eigenvalue weighted by Crippen LogP contribution is 2.19. The summed E-state index contributed by atoms with van der Waals surface area (Å²) in [5.74, 6) is -0.388. The number of hydrogen-bond acceptors (Lipinski definition) is 3. The van der Waals surface area contributed by atoms with Crippen LogP contribution in [0.2, 0.25) is 5.02 Å². The monoisotopic (exact) mass is 351 g/mol. The largest absolute Gasteiger partial charge is 0.371 e. The van der Waals surface area contributed by atoms with E-state index >= 15 is 0 Å². The maximum atomic E-state index is 12.3. The van der Waals surface area contributed by atoms with Gasteiger partial charge in [0.25, 0.3) is 5.91 Å². The normalized spacial score (nSPS) is 13.8. The number of carbonyl (C=O) groups is 1. The van der Waals surface area contributed by atoms with E-state index in [0.717, 1.165) is 18.5 Å². The van der Waals surface area contributed by atoms with Gasteiger partial charge in [0.05, 0.1) is 0 Å². The third-order valence-electron chi connectivity index (χ3n) is 4.23. The Labute approximate surface area is 152 Å². The van der Waals surface area contributed by atoms with Gasteiger partial charge in [0.2, 0.25) is 0 Å². The lowest BCUT2D eigenvalue weighted by Gasteiger charge is -2.27. The van der Waals surface area contributed by atoms with E-state index in [0.29, 0.717) is 18.1 Å². The molecule has 2 aromatic carbocycles. The average molecular weight is 352 g/mol. The molecule has 5 heteroatoms. The zero-order chi connectivity index (χ0) is 17.6. The second kappa shape index (κ2) is 7.87. The van der Waals surface area contributed by atoms with Crippen molar-refractivity contribution in [3.8, 4) is 6.07 Å². The summed E-state index contributed by atoms with van der Waals surface area (Å²) >= 11 is 6.09. The molecular weight excluding hydrogens is 334 g/mol. The predicted octanol–water partition coefficient (Wildman–Crippen LogP) is 3.42. The minimum absolute atomic E-state index is 0.103. The first-order valence-electron chi connectivity index (χ1n) is 8.11. The number of benzene rings is 2. The van der Waals surface area contributed by atoms with Gasteiger partial charge in [0.1, 0.15) is 11.6 Å². The maximum Gasteiger partial charge on any atom is 0.263 e. The fourth-order valence-electron chi connectivity index (χ4n) is 2.86. The van der Waals surface area contributed by atoms with E-state index in [4.69, 9.17) is 11.6 Å². The molecule has 3 rings (SSSR count). The Morgan fingerprint density at radius 3 is 2.68 bits per heavy atom. The molecule has 2 aromatic rings. The van der Waals surface area contributed by atoms with Crippen molar-refractivity contribution < 1.29 is 4.79 Å². The standard InChI is InChI=1S/C20H18ClN3O/c21-19-8-4-3-6-16(19)12-23-20(25)18(11-22)14-24-10-9-15-5-1-2-7-17(15)13-24/h1-8,14H,9-10,12-13H2,(H,23,25)/b18-14-. The van der Waals surface area contributed by atoms with Crippen molar-refractivity contribution in [2.24, 2.45) is 0 Å². The maximum absolute atomic E-state index is 12.3. The van der Waals surface area contributed by atoms with Gasteiger partial charge in [-0.1, -0.05) is 54.1 Å². The molecular formula is C20H18ClN3O. The van der Waals surface area contributed by atoms with Gasteiger partial charge in [-0.15, -0.1) is 0 Å². The third kappa shape index (κ3) is 4.20. The van der Waals surface area contributed by atoms with E-state index in [-0.39, 0.29) is 11.5 Å². The Morgan fingerprint density at radius 1 is 1.20 bits per heavy atom. The molecule has 0 saturated heterocycles. The number of hydrogen-bond donors (Lipinski definition) is 1. The summed E-state index contributed by atoms with van der Waals surface area (Å²) in [7, 11) is 0. The van der Waals surface area contributed by atoms with Crippen LogP contribution >= 0.6 is 11.6 Å². The van der Waals surface area contributed by atoms with Gasteiger partial charge in [-0.05, 0) is 29.2 Å². The highest BCUT2D eigenvalue weighted by molar-refractivity contribution is 6.31. The molecule has 0 fully saturated rings. The summed E-state index contributed by atoms with van der Waals surface area (Å²) < 4.78 is 0. The zero-order valence-corrected chi connectivity index (χ0v) is 14.5. The average Bonchev–Trinajstić information content (AvgIpc) is 2.65. The number of nitriles is 1. The van der Waals surface area contributed by atoms with Gasteiger partial charge in [-0.3, -0.25) is 4.79 Å². The lowest BCUT2D eigenvalue weighted by molar-refractivity contribution is -0.117. The molecule has 1 aliphatic rings. The second-order valence-electron chi connectivity index (χ2n) is 5.92. The van der Waals surface area contributed by atoms with Gasteiger partial charge < -0.3 is 10.2 Å². The molecule has 1 N–H and O–H groups in total. The van der Waals surface area contributed by atoms with Crippen molar-refractivity contribution in [3.63, 3.8) is 0 Å². The summed E-state index contributed by atoms with van der Waals surface area (Å²) in [6, 6.07) is 17.6. The number of nitrogens with zero attached hydrogens (tertiary/aromatic N) is 2. The van der Waals surface area contributed by atoms with Gasteiger partial charge >= 0.3 is 0 Å². The minimum atomic E-state index is -0.388. The van der Waals surface area contributed by atoms with Crippen molar-refractivity contribution in [2.75, 3.05) is 6.54 Å². The number of amides is 1. The molecule has 1 amide bonds. The van der Waals surface area contributed by atoms with Crippen LogP contribution in [0.4, 0.5) is 0 Å². The number of fused-ring (bicyclic) bond motifs is 1. The summed E-state index contributed by atoms with van der Waals surface area (Å²) in [6.07, 6.45) is 2.56. The van der Waals surface area contributed by atoms with Crippen LogP contribution in [-0.2, 0) is 24.3 Å². The van der Waals surface area contributed by atoms with Gasteiger partial charge in [0.15, 0.2) is 0 Å². The first kappa shape index (κ1) is 17.1. The van der Waals surface area contributed by atoms with Crippen molar-refractivity contribution >= 4 is 17.5 Å². The summed E-state index contributed by atoms with van der Waals surface area (Å²) in [4.78, 5) is 14.3. The number of halogens is 1. The molecule has 0 atom stereocenters. The van der Waals surface area contributed by atoms with Crippen LogP contribution in [0.1, 0.15) is 16.7 Å². The third-order valence-corrected chi connectivity index (χ3v) is 4.60. The Bertz CT molecular complexity index is 854.